The molecule has 0 aromatic carbocycles. The Balaban J connectivity index is 2.11. The first-order valence-electron chi connectivity index (χ1n) is 5.04. The fourth-order valence-corrected chi connectivity index (χ4v) is 1.86. The third kappa shape index (κ3) is 2.19. The third-order valence-corrected chi connectivity index (χ3v) is 3.09. The lowest BCUT2D eigenvalue weighted by atomic mass is 9.67. The van der Waals surface area contributed by atoms with Gasteiger partial charge in [-0.2, -0.15) is 0 Å². The lowest BCUT2D eigenvalue weighted by Gasteiger charge is -2.41. The maximum absolute atomic E-state index is 3.53. The number of rotatable bonds is 5. The molecule has 0 unspecified atom stereocenters. The highest BCUT2D eigenvalue weighted by atomic mass is 14.9. The van der Waals surface area contributed by atoms with E-state index in [2.05, 4.69) is 19.2 Å². The van der Waals surface area contributed by atoms with E-state index in [0.29, 0.717) is 5.41 Å². The molecule has 1 aliphatic rings. The van der Waals surface area contributed by atoms with Crippen LogP contribution < -0.4 is 5.32 Å². The molecule has 1 saturated carbocycles. The van der Waals surface area contributed by atoms with Gasteiger partial charge in [-0.05, 0) is 37.6 Å². The zero-order valence-electron chi connectivity index (χ0n) is 7.95. The van der Waals surface area contributed by atoms with E-state index >= 15 is 0 Å². The standard InChI is InChI=1S/C10H21N/c1-3-8-11-9-10(4-2)6-5-7-10/h11H,3-9H2,1-2H3. The van der Waals surface area contributed by atoms with E-state index < -0.39 is 0 Å². The molecule has 11 heavy (non-hydrogen) atoms. The molecule has 0 spiro atoms. The fourth-order valence-electron chi connectivity index (χ4n) is 1.86. The second kappa shape index (κ2) is 4.10. The Bertz CT molecular complexity index is 99.9. The lowest BCUT2D eigenvalue weighted by molar-refractivity contribution is 0.124. The molecule has 0 amide bonds. The van der Waals surface area contributed by atoms with Gasteiger partial charge in [0.25, 0.3) is 0 Å². The maximum atomic E-state index is 3.53. The van der Waals surface area contributed by atoms with Gasteiger partial charge < -0.3 is 5.32 Å². The molecule has 1 N–H and O–H groups in total. The minimum Gasteiger partial charge on any atom is -0.316 e. The molecule has 0 radical (unpaired) electrons. The highest BCUT2D eigenvalue weighted by Gasteiger charge is 2.34. The summed E-state index contributed by atoms with van der Waals surface area (Å²) in [5.41, 5.74) is 0.704. The molecule has 0 aliphatic heterocycles. The van der Waals surface area contributed by atoms with Crippen molar-refractivity contribution in [3.05, 3.63) is 0 Å². The van der Waals surface area contributed by atoms with Crippen LogP contribution in [0, 0.1) is 5.41 Å². The van der Waals surface area contributed by atoms with E-state index in [1.54, 1.807) is 0 Å². The number of hydrogen-bond donors (Lipinski definition) is 1. The minimum absolute atomic E-state index is 0.704. The van der Waals surface area contributed by atoms with Gasteiger partial charge in [0.05, 0.1) is 0 Å². The number of hydrogen-bond acceptors (Lipinski definition) is 1. The molecular weight excluding hydrogens is 134 g/mol. The van der Waals surface area contributed by atoms with E-state index in [4.69, 9.17) is 0 Å². The number of nitrogens with one attached hydrogen (secondary N) is 1. The molecule has 1 rings (SSSR count). The SMILES string of the molecule is CCCNCC1(CC)CCC1. The van der Waals surface area contributed by atoms with Crippen LogP contribution in [0.3, 0.4) is 0 Å². The van der Waals surface area contributed by atoms with Crippen molar-refractivity contribution in [1.29, 1.82) is 0 Å². The third-order valence-electron chi connectivity index (χ3n) is 3.09. The van der Waals surface area contributed by atoms with Crippen molar-refractivity contribution in [2.45, 2.75) is 46.0 Å². The second-order valence-electron chi connectivity index (χ2n) is 3.88. The van der Waals surface area contributed by atoms with Crippen molar-refractivity contribution < 1.29 is 0 Å². The van der Waals surface area contributed by atoms with Gasteiger partial charge in [-0.15, -0.1) is 0 Å². The van der Waals surface area contributed by atoms with Crippen LogP contribution in [0.15, 0.2) is 0 Å². The quantitative estimate of drug-likeness (QED) is 0.602. The van der Waals surface area contributed by atoms with E-state index in [9.17, 15) is 0 Å². The van der Waals surface area contributed by atoms with Crippen molar-refractivity contribution >= 4 is 0 Å². The van der Waals surface area contributed by atoms with Crippen molar-refractivity contribution in [2.75, 3.05) is 13.1 Å². The van der Waals surface area contributed by atoms with Crippen LogP contribution in [0.4, 0.5) is 0 Å². The predicted octanol–water partition coefficient (Wildman–Crippen LogP) is 2.57. The first-order valence-corrected chi connectivity index (χ1v) is 5.04. The van der Waals surface area contributed by atoms with Gasteiger partial charge in [-0.1, -0.05) is 20.3 Å². The van der Waals surface area contributed by atoms with Crippen LogP contribution in [0.1, 0.15) is 46.0 Å². The molecule has 1 nitrogen and oxygen atoms in total. The Labute approximate surface area is 70.6 Å². The van der Waals surface area contributed by atoms with Crippen molar-refractivity contribution in [3.63, 3.8) is 0 Å². The molecule has 1 fully saturated rings. The summed E-state index contributed by atoms with van der Waals surface area (Å²) in [5.74, 6) is 0. The minimum atomic E-state index is 0.704. The van der Waals surface area contributed by atoms with Gasteiger partial charge >= 0.3 is 0 Å². The molecule has 0 saturated heterocycles. The molecule has 0 heterocycles. The zero-order chi connectivity index (χ0) is 8.16. The molecular formula is C10H21N. The van der Waals surface area contributed by atoms with Crippen LogP contribution >= 0.6 is 0 Å². The van der Waals surface area contributed by atoms with Crippen LogP contribution in [-0.2, 0) is 0 Å². The van der Waals surface area contributed by atoms with Crippen LogP contribution in [-0.4, -0.2) is 13.1 Å². The Kier molecular flexibility index (Phi) is 3.38. The molecule has 0 aromatic heterocycles. The smallest absolute Gasteiger partial charge is 0.000770 e. The van der Waals surface area contributed by atoms with E-state index in [1.165, 1.54) is 45.2 Å². The van der Waals surface area contributed by atoms with Crippen molar-refractivity contribution in [1.82, 2.24) is 5.32 Å². The Hall–Kier alpha value is -0.0400. The molecule has 66 valence electrons. The van der Waals surface area contributed by atoms with Gasteiger partial charge in [0.1, 0.15) is 0 Å². The van der Waals surface area contributed by atoms with Crippen LogP contribution in [0.5, 0.6) is 0 Å². The van der Waals surface area contributed by atoms with Gasteiger partial charge in [-0.3, -0.25) is 0 Å². The van der Waals surface area contributed by atoms with E-state index in [0.717, 1.165) is 0 Å². The lowest BCUT2D eigenvalue weighted by Crippen LogP contribution is -2.39. The molecule has 1 aliphatic carbocycles. The highest BCUT2D eigenvalue weighted by Crippen LogP contribution is 2.42. The summed E-state index contributed by atoms with van der Waals surface area (Å²) in [6, 6.07) is 0. The average molecular weight is 155 g/mol. The van der Waals surface area contributed by atoms with Crippen molar-refractivity contribution in [2.24, 2.45) is 5.41 Å². The summed E-state index contributed by atoms with van der Waals surface area (Å²) in [6.07, 6.45) is 7.01. The first kappa shape index (κ1) is 9.05. The second-order valence-corrected chi connectivity index (χ2v) is 3.88. The topological polar surface area (TPSA) is 12.0 Å². The summed E-state index contributed by atoms with van der Waals surface area (Å²) in [6.45, 7) is 7.01. The summed E-state index contributed by atoms with van der Waals surface area (Å²) < 4.78 is 0. The Morgan fingerprint density at radius 3 is 2.36 bits per heavy atom. The summed E-state index contributed by atoms with van der Waals surface area (Å²) >= 11 is 0. The van der Waals surface area contributed by atoms with Gasteiger partial charge in [0.2, 0.25) is 0 Å². The monoisotopic (exact) mass is 155 g/mol. The molecule has 0 atom stereocenters. The molecule has 0 bridgehead atoms. The van der Waals surface area contributed by atoms with Crippen LogP contribution in [0.25, 0.3) is 0 Å². The Morgan fingerprint density at radius 1 is 1.27 bits per heavy atom. The van der Waals surface area contributed by atoms with Gasteiger partial charge in [0, 0.05) is 6.54 Å². The molecule has 1 heteroatoms. The van der Waals surface area contributed by atoms with E-state index in [-0.39, 0.29) is 0 Å². The first-order chi connectivity index (χ1) is 5.33. The van der Waals surface area contributed by atoms with E-state index in [1.807, 2.05) is 0 Å². The summed E-state index contributed by atoms with van der Waals surface area (Å²) in [5, 5.41) is 3.53. The van der Waals surface area contributed by atoms with Crippen molar-refractivity contribution in [3.8, 4) is 0 Å². The summed E-state index contributed by atoms with van der Waals surface area (Å²) in [7, 11) is 0. The maximum Gasteiger partial charge on any atom is 0.000770 e. The Morgan fingerprint density at radius 2 is 2.00 bits per heavy atom. The van der Waals surface area contributed by atoms with Gasteiger partial charge in [0.15, 0.2) is 0 Å². The normalized spacial score (nSPS) is 21.3. The average Bonchev–Trinajstić information content (AvgIpc) is 1.95. The largest absolute Gasteiger partial charge is 0.316 e. The summed E-state index contributed by atoms with van der Waals surface area (Å²) in [4.78, 5) is 0. The fraction of sp³-hybridized carbons (Fsp3) is 1.00. The van der Waals surface area contributed by atoms with Crippen LogP contribution in [0.2, 0.25) is 0 Å². The zero-order valence-corrected chi connectivity index (χ0v) is 7.95. The predicted molar refractivity (Wildman–Crippen MR) is 49.7 cm³/mol. The highest BCUT2D eigenvalue weighted by molar-refractivity contribution is 4.88. The molecule has 0 aromatic rings. The van der Waals surface area contributed by atoms with Gasteiger partial charge in [-0.25, -0.2) is 0 Å².